The van der Waals surface area contributed by atoms with Crippen molar-refractivity contribution in [2.45, 2.75) is 56.1 Å². The Morgan fingerprint density at radius 3 is 2.33 bits per heavy atom. The predicted molar refractivity (Wildman–Crippen MR) is 156 cm³/mol. The summed E-state index contributed by atoms with van der Waals surface area (Å²) in [4.78, 5) is 28.7. The highest BCUT2D eigenvalue weighted by molar-refractivity contribution is 7.92. The molecule has 40 heavy (non-hydrogen) atoms. The highest BCUT2D eigenvalue weighted by Gasteiger charge is 2.33. The maximum Gasteiger partial charge on any atom is 0.264 e. The Morgan fingerprint density at radius 1 is 1.00 bits per heavy atom. The topological polar surface area (TPSA) is 96.0 Å². The van der Waals surface area contributed by atoms with E-state index < -0.39 is 28.5 Å². The SMILES string of the molecule is COc1cccc(CN(C(=O)CN(c2ccccc2)S(=O)(=O)c2ccc(Cl)cc2)[C@H](C)C(=O)NC2CCCC2)c1. The molecule has 0 aromatic heterocycles. The summed E-state index contributed by atoms with van der Waals surface area (Å²) in [7, 11) is -2.59. The number of halogens is 1. The first-order chi connectivity index (χ1) is 19.2. The number of ether oxygens (including phenoxy) is 1. The molecule has 4 rings (SSSR count). The molecule has 3 aromatic carbocycles. The molecule has 1 saturated carbocycles. The molecule has 1 fully saturated rings. The van der Waals surface area contributed by atoms with Crippen molar-refractivity contribution < 1.29 is 22.7 Å². The van der Waals surface area contributed by atoms with Crippen LogP contribution in [0.1, 0.15) is 38.2 Å². The van der Waals surface area contributed by atoms with E-state index in [4.69, 9.17) is 16.3 Å². The number of rotatable bonds is 11. The molecule has 1 atom stereocenters. The fourth-order valence-electron chi connectivity index (χ4n) is 4.80. The zero-order valence-corrected chi connectivity index (χ0v) is 24.2. The van der Waals surface area contributed by atoms with Crippen molar-refractivity contribution in [3.8, 4) is 5.75 Å². The maximum atomic E-state index is 14.0. The lowest BCUT2D eigenvalue weighted by Crippen LogP contribution is -2.52. The van der Waals surface area contributed by atoms with Crippen LogP contribution in [0.15, 0.2) is 83.8 Å². The monoisotopic (exact) mass is 583 g/mol. The molecular formula is C30H34ClN3O5S. The number of carbonyl (C=O) groups is 2. The van der Waals surface area contributed by atoms with Gasteiger partial charge in [-0.1, -0.05) is 54.8 Å². The van der Waals surface area contributed by atoms with Gasteiger partial charge in [0.15, 0.2) is 0 Å². The van der Waals surface area contributed by atoms with Gasteiger partial charge in [0.1, 0.15) is 18.3 Å². The van der Waals surface area contributed by atoms with E-state index in [2.05, 4.69) is 5.32 Å². The number of anilines is 1. The summed E-state index contributed by atoms with van der Waals surface area (Å²) in [6, 6.07) is 20.7. The van der Waals surface area contributed by atoms with Crippen LogP contribution in [-0.4, -0.2) is 50.9 Å². The molecule has 1 N–H and O–H groups in total. The standard InChI is InChI=1S/C30H34ClN3O5S/c1-22(30(36)32-25-10-6-7-11-25)33(20-23-9-8-14-27(19-23)39-2)29(35)21-34(26-12-4-3-5-13-26)40(37,38)28-17-15-24(31)16-18-28/h3-5,8-9,12-19,22,25H,6-7,10-11,20-21H2,1-2H3,(H,32,36)/t22-/m1/s1. The van der Waals surface area contributed by atoms with E-state index in [9.17, 15) is 18.0 Å². The summed E-state index contributed by atoms with van der Waals surface area (Å²) >= 11 is 5.99. The van der Waals surface area contributed by atoms with Gasteiger partial charge in [0.2, 0.25) is 11.8 Å². The number of hydrogen-bond donors (Lipinski definition) is 1. The number of sulfonamides is 1. The van der Waals surface area contributed by atoms with Crippen LogP contribution < -0.4 is 14.4 Å². The second kappa shape index (κ2) is 13.2. The van der Waals surface area contributed by atoms with Crippen LogP contribution >= 0.6 is 11.6 Å². The van der Waals surface area contributed by atoms with Gasteiger partial charge >= 0.3 is 0 Å². The summed E-state index contributed by atoms with van der Waals surface area (Å²) in [5.74, 6) is -0.169. The molecule has 0 spiro atoms. The van der Waals surface area contributed by atoms with E-state index in [1.165, 1.54) is 29.2 Å². The van der Waals surface area contributed by atoms with Crippen LogP contribution in [0.5, 0.6) is 5.75 Å². The first kappa shape index (κ1) is 29.4. The second-order valence-corrected chi connectivity index (χ2v) is 12.1. The molecule has 1 aliphatic carbocycles. The number of benzene rings is 3. The summed E-state index contributed by atoms with van der Waals surface area (Å²) < 4.78 is 34.0. The third-order valence-corrected chi connectivity index (χ3v) is 9.12. The summed E-state index contributed by atoms with van der Waals surface area (Å²) in [6.45, 7) is 1.27. The molecule has 10 heteroatoms. The minimum Gasteiger partial charge on any atom is -0.497 e. The Balaban J connectivity index is 1.67. The Kier molecular flexibility index (Phi) is 9.71. The molecule has 0 saturated heterocycles. The third-order valence-electron chi connectivity index (χ3n) is 7.08. The lowest BCUT2D eigenvalue weighted by atomic mass is 10.1. The van der Waals surface area contributed by atoms with Gasteiger partial charge < -0.3 is 15.0 Å². The van der Waals surface area contributed by atoms with Crippen LogP contribution in [-0.2, 0) is 26.2 Å². The lowest BCUT2D eigenvalue weighted by Gasteiger charge is -2.32. The van der Waals surface area contributed by atoms with Gasteiger partial charge in [-0.15, -0.1) is 0 Å². The van der Waals surface area contributed by atoms with E-state index in [1.807, 2.05) is 6.07 Å². The van der Waals surface area contributed by atoms with Crippen molar-refractivity contribution in [2.24, 2.45) is 0 Å². The first-order valence-electron chi connectivity index (χ1n) is 13.2. The van der Waals surface area contributed by atoms with Crippen molar-refractivity contribution in [2.75, 3.05) is 18.0 Å². The molecule has 0 bridgehead atoms. The molecule has 0 aliphatic heterocycles. The molecule has 3 aromatic rings. The number of carbonyl (C=O) groups excluding carboxylic acids is 2. The average Bonchev–Trinajstić information content (AvgIpc) is 3.48. The van der Waals surface area contributed by atoms with Gasteiger partial charge in [-0.05, 0) is 73.9 Å². The zero-order valence-electron chi connectivity index (χ0n) is 22.6. The van der Waals surface area contributed by atoms with Crippen molar-refractivity contribution >= 4 is 39.1 Å². The van der Waals surface area contributed by atoms with Crippen LogP contribution in [0.3, 0.4) is 0 Å². The molecular weight excluding hydrogens is 550 g/mol. The van der Waals surface area contributed by atoms with Crippen molar-refractivity contribution in [3.05, 3.63) is 89.4 Å². The van der Waals surface area contributed by atoms with Crippen LogP contribution in [0, 0.1) is 0 Å². The molecule has 2 amide bonds. The number of nitrogens with zero attached hydrogens (tertiary/aromatic N) is 2. The fourth-order valence-corrected chi connectivity index (χ4v) is 6.34. The van der Waals surface area contributed by atoms with Crippen molar-refractivity contribution in [1.29, 1.82) is 0 Å². The lowest BCUT2D eigenvalue weighted by molar-refractivity contribution is -0.139. The predicted octanol–water partition coefficient (Wildman–Crippen LogP) is 5.02. The quantitative estimate of drug-likeness (QED) is 0.342. The number of hydrogen-bond acceptors (Lipinski definition) is 5. The van der Waals surface area contributed by atoms with Crippen molar-refractivity contribution in [3.63, 3.8) is 0 Å². The van der Waals surface area contributed by atoms with E-state index in [0.29, 0.717) is 16.5 Å². The molecule has 0 heterocycles. The number of methoxy groups -OCH3 is 1. The van der Waals surface area contributed by atoms with Gasteiger partial charge in [0.05, 0.1) is 17.7 Å². The smallest absolute Gasteiger partial charge is 0.264 e. The van der Waals surface area contributed by atoms with Crippen molar-refractivity contribution in [1.82, 2.24) is 10.2 Å². The van der Waals surface area contributed by atoms with E-state index >= 15 is 0 Å². The third kappa shape index (κ3) is 7.14. The van der Waals surface area contributed by atoms with Gasteiger partial charge in [0, 0.05) is 17.6 Å². The largest absolute Gasteiger partial charge is 0.497 e. The highest BCUT2D eigenvalue weighted by Crippen LogP contribution is 2.26. The molecule has 8 nitrogen and oxygen atoms in total. The number of para-hydroxylation sites is 1. The fraction of sp³-hybridized carbons (Fsp3) is 0.333. The average molecular weight is 584 g/mol. The maximum absolute atomic E-state index is 14.0. The summed E-state index contributed by atoms with van der Waals surface area (Å²) in [6.07, 6.45) is 3.92. The number of amides is 2. The van der Waals surface area contributed by atoms with Crippen LogP contribution in [0.2, 0.25) is 5.02 Å². The minimum atomic E-state index is -4.14. The van der Waals surface area contributed by atoms with Gasteiger partial charge in [-0.25, -0.2) is 8.42 Å². The van der Waals surface area contributed by atoms with Gasteiger partial charge in [-0.2, -0.15) is 0 Å². The Bertz CT molecular complexity index is 1410. The Hall–Kier alpha value is -3.56. The second-order valence-electron chi connectivity index (χ2n) is 9.84. The summed E-state index contributed by atoms with van der Waals surface area (Å²) in [5, 5.41) is 3.46. The van der Waals surface area contributed by atoms with Gasteiger partial charge in [-0.3, -0.25) is 13.9 Å². The minimum absolute atomic E-state index is 0.0000706. The highest BCUT2D eigenvalue weighted by atomic mass is 35.5. The first-order valence-corrected chi connectivity index (χ1v) is 15.1. The van der Waals surface area contributed by atoms with E-state index in [0.717, 1.165) is 35.6 Å². The normalized spacial score (nSPS) is 14.4. The molecule has 212 valence electrons. The van der Waals surface area contributed by atoms with Gasteiger partial charge in [0.25, 0.3) is 10.0 Å². The van der Waals surface area contributed by atoms with Crippen LogP contribution in [0.25, 0.3) is 0 Å². The van der Waals surface area contributed by atoms with E-state index in [1.54, 1.807) is 62.6 Å². The number of nitrogens with one attached hydrogen (secondary N) is 1. The summed E-state index contributed by atoms with van der Waals surface area (Å²) in [5.41, 5.74) is 1.08. The van der Waals surface area contributed by atoms with Crippen LogP contribution in [0.4, 0.5) is 5.69 Å². The zero-order chi connectivity index (χ0) is 28.7. The molecule has 1 aliphatic rings. The Labute approximate surface area is 240 Å². The molecule has 0 radical (unpaired) electrons. The Morgan fingerprint density at radius 2 is 1.68 bits per heavy atom. The van der Waals surface area contributed by atoms with E-state index in [-0.39, 0.29) is 23.4 Å². The molecule has 0 unspecified atom stereocenters.